The average molecular weight is 162 g/mol. The number of anilines is 1. The second kappa shape index (κ2) is 2.30. The number of rotatable bonds is 1. The molecule has 5 nitrogen and oxygen atoms in total. The Bertz CT molecular complexity index is 351. The van der Waals surface area contributed by atoms with Crippen molar-refractivity contribution >= 4 is 18.1 Å². The van der Waals surface area contributed by atoms with Crippen LogP contribution in [0.2, 0.25) is 0 Å². The molecule has 1 aliphatic rings. The van der Waals surface area contributed by atoms with E-state index >= 15 is 0 Å². The Hall–Kier alpha value is -1.91. The standard InChI is InChI=1S/C7H6N4O/c1-5-7(12)10-4-11(5)6-2-8-3-9-6/h2-4H,1H2,(H,8,9). The molecule has 0 aromatic carbocycles. The molecule has 0 saturated carbocycles. The lowest BCUT2D eigenvalue weighted by Gasteiger charge is -2.09. The molecule has 0 atom stereocenters. The van der Waals surface area contributed by atoms with Crippen molar-refractivity contribution in [3.8, 4) is 0 Å². The summed E-state index contributed by atoms with van der Waals surface area (Å²) in [6.07, 6.45) is 4.59. The Balaban J connectivity index is 2.34. The molecule has 0 radical (unpaired) electrons. The number of nitrogens with zero attached hydrogens (tertiary/aromatic N) is 3. The van der Waals surface area contributed by atoms with E-state index in [1.807, 2.05) is 0 Å². The highest BCUT2D eigenvalue weighted by Crippen LogP contribution is 2.16. The van der Waals surface area contributed by atoms with Crippen molar-refractivity contribution in [2.45, 2.75) is 0 Å². The number of amides is 1. The summed E-state index contributed by atoms with van der Waals surface area (Å²) in [5.74, 6) is 0.299. The van der Waals surface area contributed by atoms with Crippen LogP contribution in [0.15, 0.2) is 29.8 Å². The summed E-state index contributed by atoms with van der Waals surface area (Å²) >= 11 is 0. The van der Waals surface area contributed by atoms with E-state index in [1.165, 1.54) is 17.6 Å². The molecule has 60 valence electrons. The molecule has 0 bridgehead atoms. The van der Waals surface area contributed by atoms with Gasteiger partial charge < -0.3 is 4.98 Å². The summed E-state index contributed by atoms with van der Waals surface area (Å²) in [5.41, 5.74) is 0.321. The lowest BCUT2D eigenvalue weighted by molar-refractivity contribution is -0.113. The van der Waals surface area contributed by atoms with Crippen molar-refractivity contribution < 1.29 is 4.79 Å². The molecule has 2 heterocycles. The number of hydrogen-bond acceptors (Lipinski definition) is 3. The number of carbonyl (C=O) groups excluding carboxylic acids is 1. The molecule has 0 fully saturated rings. The molecule has 5 heteroatoms. The summed E-state index contributed by atoms with van der Waals surface area (Å²) in [4.78, 5) is 22.7. The first kappa shape index (κ1) is 6.78. The minimum atomic E-state index is -0.321. The van der Waals surface area contributed by atoms with E-state index in [9.17, 15) is 4.79 Å². The third-order valence-electron chi connectivity index (χ3n) is 1.56. The van der Waals surface area contributed by atoms with Gasteiger partial charge in [0.15, 0.2) is 5.82 Å². The van der Waals surface area contributed by atoms with Gasteiger partial charge in [-0.1, -0.05) is 6.58 Å². The van der Waals surface area contributed by atoms with Crippen LogP contribution in [0.4, 0.5) is 5.82 Å². The SMILES string of the molecule is C=C1C(=O)N=CN1c1c[nH]cn1. The summed E-state index contributed by atoms with van der Waals surface area (Å²) < 4.78 is 0. The number of aromatic nitrogens is 2. The highest BCUT2D eigenvalue weighted by atomic mass is 16.2. The van der Waals surface area contributed by atoms with Gasteiger partial charge in [-0.2, -0.15) is 4.99 Å². The van der Waals surface area contributed by atoms with Crippen molar-refractivity contribution in [2.75, 3.05) is 4.90 Å². The van der Waals surface area contributed by atoms with Crippen LogP contribution >= 0.6 is 0 Å². The van der Waals surface area contributed by atoms with Crippen molar-refractivity contribution in [3.05, 3.63) is 24.8 Å². The summed E-state index contributed by atoms with van der Waals surface area (Å²) in [6.45, 7) is 3.57. The first-order valence-electron chi connectivity index (χ1n) is 3.34. The van der Waals surface area contributed by atoms with Gasteiger partial charge in [0.1, 0.15) is 12.0 Å². The van der Waals surface area contributed by atoms with Gasteiger partial charge in [-0.25, -0.2) is 4.98 Å². The molecule has 0 saturated heterocycles. The molecule has 1 amide bonds. The van der Waals surface area contributed by atoms with Gasteiger partial charge in [-0.15, -0.1) is 0 Å². The molecule has 0 spiro atoms. The van der Waals surface area contributed by atoms with Crippen molar-refractivity contribution in [2.24, 2.45) is 4.99 Å². The van der Waals surface area contributed by atoms with Gasteiger partial charge in [0, 0.05) is 6.20 Å². The summed E-state index contributed by atoms with van der Waals surface area (Å²) in [6, 6.07) is 0. The smallest absolute Gasteiger partial charge is 0.294 e. The van der Waals surface area contributed by atoms with Gasteiger partial charge in [-0.3, -0.25) is 9.69 Å². The van der Waals surface area contributed by atoms with E-state index in [2.05, 4.69) is 21.5 Å². The van der Waals surface area contributed by atoms with Crippen LogP contribution in [0.1, 0.15) is 0 Å². The van der Waals surface area contributed by atoms with Crippen LogP contribution in [-0.4, -0.2) is 22.2 Å². The number of H-pyrrole nitrogens is 1. The Labute approximate surface area is 68.4 Å². The highest BCUT2D eigenvalue weighted by Gasteiger charge is 2.21. The lowest BCUT2D eigenvalue weighted by Crippen LogP contribution is -2.17. The van der Waals surface area contributed by atoms with E-state index in [-0.39, 0.29) is 5.91 Å². The first-order valence-corrected chi connectivity index (χ1v) is 3.34. The van der Waals surface area contributed by atoms with Gasteiger partial charge in [-0.05, 0) is 0 Å². The molecule has 2 rings (SSSR count). The average Bonchev–Trinajstić information content (AvgIpc) is 2.64. The quantitative estimate of drug-likeness (QED) is 0.604. The second-order valence-corrected chi connectivity index (χ2v) is 2.29. The van der Waals surface area contributed by atoms with Crippen molar-refractivity contribution in [3.63, 3.8) is 0 Å². The molecule has 1 aromatic heterocycles. The molecule has 0 unspecified atom stereocenters. The Morgan fingerprint density at radius 3 is 2.92 bits per heavy atom. The Kier molecular flexibility index (Phi) is 1.30. The van der Waals surface area contributed by atoms with Crippen LogP contribution in [0.5, 0.6) is 0 Å². The third kappa shape index (κ3) is 0.833. The molecule has 12 heavy (non-hydrogen) atoms. The maximum Gasteiger partial charge on any atom is 0.294 e. The maximum atomic E-state index is 10.9. The molecule has 0 aliphatic carbocycles. The fourth-order valence-corrected chi connectivity index (χ4v) is 0.939. The lowest BCUT2D eigenvalue weighted by atomic mass is 10.4. The number of hydrogen-bond donors (Lipinski definition) is 1. The maximum absolute atomic E-state index is 10.9. The molecule has 1 aliphatic heterocycles. The number of carbonyl (C=O) groups is 1. The number of imidazole rings is 1. The van der Waals surface area contributed by atoms with E-state index in [1.54, 1.807) is 6.20 Å². The Morgan fingerprint density at radius 2 is 2.42 bits per heavy atom. The largest absolute Gasteiger partial charge is 0.349 e. The van der Waals surface area contributed by atoms with Gasteiger partial charge in [0.25, 0.3) is 5.91 Å². The van der Waals surface area contributed by atoms with E-state index in [0.29, 0.717) is 11.5 Å². The molecule has 1 N–H and O–H groups in total. The third-order valence-corrected chi connectivity index (χ3v) is 1.56. The van der Waals surface area contributed by atoms with Gasteiger partial charge in [0.2, 0.25) is 0 Å². The first-order chi connectivity index (χ1) is 5.79. The zero-order valence-corrected chi connectivity index (χ0v) is 6.19. The topological polar surface area (TPSA) is 61.4 Å². The van der Waals surface area contributed by atoms with Crippen LogP contribution in [0, 0.1) is 0 Å². The minimum Gasteiger partial charge on any atom is -0.349 e. The van der Waals surface area contributed by atoms with E-state index < -0.39 is 0 Å². The van der Waals surface area contributed by atoms with Gasteiger partial charge in [0.05, 0.1) is 6.33 Å². The van der Waals surface area contributed by atoms with Crippen LogP contribution < -0.4 is 4.90 Å². The highest BCUT2D eigenvalue weighted by molar-refractivity contribution is 6.12. The fourth-order valence-electron chi connectivity index (χ4n) is 0.939. The van der Waals surface area contributed by atoms with Crippen molar-refractivity contribution in [1.82, 2.24) is 9.97 Å². The van der Waals surface area contributed by atoms with Crippen LogP contribution in [-0.2, 0) is 4.79 Å². The molecular weight excluding hydrogens is 156 g/mol. The Morgan fingerprint density at radius 1 is 1.58 bits per heavy atom. The number of aliphatic imine (C=N–C) groups is 1. The zero-order chi connectivity index (χ0) is 8.55. The summed E-state index contributed by atoms with van der Waals surface area (Å²) in [5, 5.41) is 0. The molecule has 1 aromatic rings. The van der Waals surface area contributed by atoms with Crippen LogP contribution in [0.25, 0.3) is 0 Å². The summed E-state index contributed by atoms with van der Waals surface area (Å²) in [7, 11) is 0. The van der Waals surface area contributed by atoms with Gasteiger partial charge >= 0.3 is 0 Å². The monoisotopic (exact) mass is 162 g/mol. The second-order valence-electron chi connectivity index (χ2n) is 2.29. The van der Waals surface area contributed by atoms with Crippen molar-refractivity contribution in [1.29, 1.82) is 0 Å². The predicted octanol–water partition coefficient (Wildman–Crippen LogP) is 0.298. The normalized spacial score (nSPS) is 16.2. The minimum absolute atomic E-state index is 0.321. The fraction of sp³-hybridized carbons (Fsp3) is 0. The zero-order valence-electron chi connectivity index (χ0n) is 6.19. The van der Waals surface area contributed by atoms with E-state index in [0.717, 1.165) is 0 Å². The number of nitrogens with one attached hydrogen (secondary N) is 1. The predicted molar refractivity (Wildman–Crippen MR) is 43.7 cm³/mol. The van der Waals surface area contributed by atoms with E-state index in [4.69, 9.17) is 0 Å². The molecular formula is C7H6N4O. The van der Waals surface area contributed by atoms with Crippen LogP contribution in [0.3, 0.4) is 0 Å². The number of aromatic amines is 1.